The first-order valence-electron chi connectivity index (χ1n) is 11.4. The molecular formula is C25H32N4O4S. The van der Waals surface area contributed by atoms with Crippen molar-refractivity contribution in [1.29, 1.82) is 0 Å². The molecular weight excluding hydrogens is 452 g/mol. The van der Waals surface area contributed by atoms with Crippen LogP contribution in [0.3, 0.4) is 0 Å². The molecule has 0 radical (unpaired) electrons. The largest absolute Gasteiger partial charge is 0.496 e. The number of rotatable bonds is 9. The first-order chi connectivity index (χ1) is 16.5. The monoisotopic (exact) mass is 484 g/mol. The molecule has 1 saturated heterocycles. The molecule has 0 bridgehead atoms. The fourth-order valence-corrected chi connectivity index (χ4v) is 4.37. The number of anilines is 1. The van der Waals surface area contributed by atoms with Crippen LogP contribution < -0.4 is 20.7 Å². The van der Waals surface area contributed by atoms with Crippen molar-refractivity contribution in [1.82, 2.24) is 15.5 Å². The molecule has 0 aromatic heterocycles. The van der Waals surface area contributed by atoms with E-state index in [9.17, 15) is 14.4 Å². The zero-order valence-corrected chi connectivity index (χ0v) is 20.4. The summed E-state index contributed by atoms with van der Waals surface area (Å²) >= 11 is 1.63. The molecule has 0 aliphatic carbocycles. The average molecular weight is 485 g/mol. The molecule has 1 aliphatic heterocycles. The zero-order chi connectivity index (χ0) is 24.3. The molecule has 1 heterocycles. The lowest BCUT2D eigenvalue weighted by atomic mass is 10.0. The Morgan fingerprint density at radius 1 is 1.06 bits per heavy atom. The van der Waals surface area contributed by atoms with Gasteiger partial charge in [-0.2, -0.15) is 11.8 Å². The summed E-state index contributed by atoms with van der Waals surface area (Å²) in [6.45, 7) is 1.05. The van der Waals surface area contributed by atoms with Gasteiger partial charge in [0, 0.05) is 24.8 Å². The number of ether oxygens (including phenoxy) is 1. The van der Waals surface area contributed by atoms with E-state index < -0.39 is 6.04 Å². The van der Waals surface area contributed by atoms with Crippen molar-refractivity contribution in [3.63, 3.8) is 0 Å². The maximum Gasteiger partial charge on any atom is 0.319 e. The lowest BCUT2D eigenvalue weighted by molar-refractivity contribution is -0.134. The molecule has 1 atom stereocenters. The minimum atomic E-state index is -0.615. The summed E-state index contributed by atoms with van der Waals surface area (Å²) in [5, 5.41) is 8.71. The number of thioether (sulfide) groups is 1. The van der Waals surface area contributed by atoms with Gasteiger partial charge in [-0.1, -0.05) is 30.3 Å². The Bertz CT molecular complexity index is 964. The van der Waals surface area contributed by atoms with E-state index in [0.717, 1.165) is 11.4 Å². The van der Waals surface area contributed by atoms with Gasteiger partial charge in [-0.3, -0.25) is 9.59 Å². The number of hydrogen-bond acceptors (Lipinski definition) is 5. The number of urea groups is 1. The van der Waals surface area contributed by atoms with Gasteiger partial charge in [0.2, 0.25) is 5.91 Å². The number of benzene rings is 2. The maximum absolute atomic E-state index is 13.3. The van der Waals surface area contributed by atoms with Gasteiger partial charge in [0.15, 0.2) is 0 Å². The summed E-state index contributed by atoms with van der Waals surface area (Å²) in [5.74, 6) is 0.799. The molecule has 1 fully saturated rings. The van der Waals surface area contributed by atoms with E-state index in [2.05, 4.69) is 16.0 Å². The highest BCUT2D eigenvalue weighted by Gasteiger charge is 2.30. The third kappa shape index (κ3) is 7.15. The van der Waals surface area contributed by atoms with Crippen LogP contribution in [0.5, 0.6) is 5.75 Å². The van der Waals surface area contributed by atoms with E-state index >= 15 is 0 Å². The minimum absolute atomic E-state index is 0.0134. The van der Waals surface area contributed by atoms with Gasteiger partial charge in [-0.25, -0.2) is 4.79 Å². The molecule has 1 aliphatic rings. The summed E-state index contributed by atoms with van der Waals surface area (Å²) in [7, 11) is 1.51. The zero-order valence-electron chi connectivity index (χ0n) is 19.6. The van der Waals surface area contributed by atoms with Crippen molar-refractivity contribution in [2.24, 2.45) is 0 Å². The Hall–Kier alpha value is -3.20. The Kier molecular flexibility index (Phi) is 9.63. The molecule has 1 unspecified atom stereocenters. The Morgan fingerprint density at radius 2 is 1.74 bits per heavy atom. The van der Waals surface area contributed by atoms with Gasteiger partial charge in [-0.05, 0) is 55.5 Å². The number of nitrogens with one attached hydrogen (secondary N) is 3. The van der Waals surface area contributed by atoms with Gasteiger partial charge in [0.1, 0.15) is 11.8 Å². The Balaban J connectivity index is 1.54. The lowest BCUT2D eigenvalue weighted by Gasteiger charge is -2.34. The van der Waals surface area contributed by atoms with E-state index in [1.54, 1.807) is 40.9 Å². The third-order valence-electron chi connectivity index (χ3n) is 5.74. The second-order valence-corrected chi connectivity index (χ2v) is 9.06. The maximum atomic E-state index is 13.3. The van der Waals surface area contributed by atoms with Gasteiger partial charge >= 0.3 is 6.03 Å². The van der Waals surface area contributed by atoms with Crippen LogP contribution in [0.15, 0.2) is 54.6 Å². The Labute approximate surface area is 204 Å². The number of amides is 4. The molecule has 0 spiro atoms. The average Bonchev–Trinajstić information content (AvgIpc) is 2.87. The molecule has 3 rings (SSSR count). The number of methoxy groups -OCH3 is 1. The van der Waals surface area contributed by atoms with E-state index in [-0.39, 0.29) is 23.9 Å². The summed E-state index contributed by atoms with van der Waals surface area (Å²) in [6, 6.07) is 15.4. The SMILES string of the molecule is COc1ccccc1C(=O)NC(CCSC)C(=O)N1CCC(NC(=O)Nc2ccccc2)CC1. The summed E-state index contributed by atoms with van der Waals surface area (Å²) < 4.78 is 5.29. The number of nitrogens with zero attached hydrogens (tertiary/aromatic N) is 1. The van der Waals surface area contributed by atoms with Crippen molar-refractivity contribution < 1.29 is 19.1 Å². The number of hydrogen-bond donors (Lipinski definition) is 3. The van der Waals surface area contributed by atoms with Crippen LogP contribution in [0.1, 0.15) is 29.6 Å². The predicted molar refractivity (Wildman–Crippen MR) is 135 cm³/mol. The van der Waals surface area contributed by atoms with Crippen molar-refractivity contribution in [3.8, 4) is 5.75 Å². The van der Waals surface area contributed by atoms with Crippen molar-refractivity contribution in [2.45, 2.75) is 31.3 Å². The van der Waals surface area contributed by atoms with Crippen LogP contribution in [0.25, 0.3) is 0 Å². The van der Waals surface area contributed by atoms with Crippen molar-refractivity contribution >= 4 is 35.3 Å². The molecule has 2 aromatic carbocycles. The fourth-order valence-electron chi connectivity index (χ4n) is 3.90. The summed E-state index contributed by atoms with van der Waals surface area (Å²) in [6.07, 6.45) is 3.83. The van der Waals surface area contributed by atoms with Crippen LogP contribution in [0, 0.1) is 0 Å². The van der Waals surface area contributed by atoms with Crippen molar-refractivity contribution in [3.05, 3.63) is 60.2 Å². The highest BCUT2D eigenvalue weighted by Crippen LogP contribution is 2.19. The molecule has 8 nitrogen and oxygen atoms in total. The highest BCUT2D eigenvalue weighted by molar-refractivity contribution is 7.98. The van der Waals surface area contributed by atoms with E-state index in [1.165, 1.54) is 7.11 Å². The van der Waals surface area contributed by atoms with E-state index in [0.29, 0.717) is 43.7 Å². The minimum Gasteiger partial charge on any atom is -0.496 e. The Morgan fingerprint density at radius 3 is 2.41 bits per heavy atom. The van der Waals surface area contributed by atoms with Crippen LogP contribution in [0.2, 0.25) is 0 Å². The van der Waals surface area contributed by atoms with Crippen LogP contribution in [-0.4, -0.2) is 67.0 Å². The van der Waals surface area contributed by atoms with E-state index in [1.807, 2.05) is 36.6 Å². The van der Waals surface area contributed by atoms with Crippen molar-refractivity contribution in [2.75, 3.05) is 37.5 Å². The molecule has 34 heavy (non-hydrogen) atoms. The number of likely N-dealkylation sites (tertiary alicyclic amines) is 1. The first kappa shape index (κ1) is 25.4. The standard InChI is InChI=1S/C25H32N4O4S/c1-33-22-11-7-6-10-20(22)23(30)28-21(14-17-34-2)24(31)29-15-12-19(13-16-29)27-25(32)26-18-8-4-3-5-9-18/h3-11,19,21H,12-17H2,1-2H3,(H,28,30)(H2,26,27,32). The highest BCUT2D eigenvalue weighted by atomic mass is 32.2. The fraction of sp³-hybridized carbons (Fsp3) is 0.400. The lowest BCUT2D eigenvalue weighted by Crippen LogP contribution is -2.53. The normalized spacial score (nSPS) is 14.7. The second-order valence-electron chi connectivity index (χ2n) is 8.07. The van der Waals surface area contributed by atoms with Gasteiger partial charge in [-0.15, -0.1) is 0 Å². The van der Waals surface area contributed by atoms with Gasteiger partial charge in [0.05, 0.1) is 12.7 Å². The first-order valence-corrected chi connectivity index (χ1v) is 12.8. The molecule has 182 valence electrons. The molecule has 0 saturated carbocycles. The number of carbonyl (C=O) groups excluding carboxylic acids is 3. The van der Waals surface area contributed by atoms with Gasteiger partial charge < -0.3 is 25.6 Å². The summed E-state index contributed by atoms with van der Waals surface area (Å²) in [4.78, 5) is 40.2. The molecule has 4 amide bonds. The quantitative estimate of drug-likeness (QED) is 0.507. The van der Waals surface area contributed by atoms with Crippen LogP contribution in [-0.2, 0) is 4.79 Å². The molecule has 9 heteroatoms. The number of piperidine rings is 1. The smallest absolute Gasteiger partial charge is 0.319 e. The van der Waals surface area contributed by atoms with Crippen LogP contribution in [0.4, 0.5) is 10.5 Å². The molecule has 2 aromatic rings. The second kappa shape index (κ2) is 12.9. The third-order valence-corrected chi connectivity index (χ3v) is 6.38. The topological polar surface area (TPSA) is 99.8 Å². The van der Waals surface area contributed by atoms with Crippen LogP contribution >= 0.6 is 11.8 Å². The molecule has 3 N–H and O–H groups in total. The van der Waals surface area contributed by atoms with E-state index in [4.69, 9.17) is 4.74 Å². The number of para-hydroxylation sites is 2. The van der Waals surface area contributed by atoms with Gasteiger partial charge in [0.25, 0.3) is 5.91 Å². The predicted octanol–water partition coefficient (Wildman–Crippen LogP) is 3.36. The summed E-state index contributed by atoms with van der Waals surface area (Å²) in [5.41, 5.74) is 1.13. The number of carbonyl (C=O) groups is 3.